The van der Waals surface area contributed by atoms with E-state index in [0.29, 0.717) is 4.88 Å². The highest BCUT2D eigenvalue weighted by Gasteiger charge is 2.17. The number of thiophene rings is 1. The lowest BCUT2D eigenvalue weighted by atomic mass is 10.2. The van der Waals surface area contributed by atoms with Crippen molar-refractivity contribution >= 4 is 33.9 Å². The minimum atomic E-state index is -0.283. The summed E-state index contributed by atoms with van der Waals surface area (Å²) in [6.07, 6.45) is -0.152. The van der Waals surface area contributed by atoms with Gasteiger partial charge in [0.2, 0.25) is 5.78 Å². The highest BCUT2D eigenvalue weighted by Crippen LogP contribution is 2.15. The average molecular weight is 270 g/mol. The number of imidazole rings is 1. The molecule has 1 aromatic carbocycles. The first-order valence-corrected chi connectivity index (χ1v) is 6.66. The fourth-order valence-electron chi connectivity index (χ4n) is 1.84. The maximum absolute atomic E-state index is 12.0. The Morgan fingerprint density at radius 1 is 1.11 bits per heavy atom. The van der Waals surface area contributed by atoms with E-state index in [-0.39, 0.29) is 23.8 Å². The van der Waals surface area contributed by atoms with Gasteiger partial charge in [-0.3, -0.25) is 9.59 Å². The van der Waals surface area contributed by atoms with Gasteiger partial charge in [-0.15, -0.1) is 11.3 Å². The van der Waals surface area contributed by atoms with Crippen LogP contribution in [0, 0.1) is 0 Å². The lowest BCUT2D eigenvalue weighted by molar-refractivity contribution is 0.0891. The van der Waals surface area contributed by atoms with Crippen molar-refractivity contribution in [2.75, 3.05) is 0 Å². The first-order chi connectivity index (χ1) is 9.24. The third-order valence-corrected chi connectivity index (χ3v) is 3.68. The molecular formula is C14H10N2O2S. The smallest absolute Gasteiger partial charge is 0.205 e. The number of ketones is 2. The molecule has 2 aromatic heterocycles. The number of nitrogens with one attached hydrogen (secondary N) is 1. The number of para-hydroxylation sites is 2. The maximum atomic E-state index is 12.0. The number of hydrogen-bond acceptors (Lipinski definition) is 4. The largest absolute Gasteiger partial charge is 0.335 e. The summed E-state index contributed by atoms with van der Waals surface area (Å²) in [6, 6.07) is 10.9. The van der Waals surface area contributed by atoms with E-state index in [4.69, 9.17) is 0 Å². The van der Waals surface area contributed by atoms with Gasteiger partial charge in [-0.05, 0) is 23.6 Å². The monoisotopic (exact) mass is 270 g/mol. The van der Waals surface area contributed by atoms with Crippen molar-refractivity contribution in [2.45, 2.75) is 6.42 Å². The van der Waals surface area contributed by atoms with Gasteiger partial charge in [0.25, 0.3) is 0 Å². The lowest BCUT2D eigenvalue weighted by Crippen LogP contribution is -2.08. The second-order valence-electron chi connectivity index (χ2n) is 4.10. The number of nitrogens with zero attached hydrogens (tertiary/aromatic N) is 1. The van der Waals surface area contributed by atoms with E-state index in [1.807, 2.05) is 29.6 Å². The van der Waals surface area contributed by atoms with Crippen LogP contribution >= 0.6 is 11.3 Å². The van der Waals surface area contributed by atoms with E-state index < -0.39 is 0 Å². The van der Waals surface area contributed by atoms with E-state index in [1.165, 1.54) is 11.3 Å². The van der Waals surface area contributed by atoms with Crippen LogP contribution in [0.3, 0.4) is 0 Å². The number of aromatic amines is 1. The Hall–Kier alpha value is -2.27. The first-order valence-electron chi connectivity index (χ1n) is 5.79. The Balaban J connectivity index is 1.82. The van der Waals surface area contributed by atoms with Crippen LogP contribution < -0.4 is 0 Å². The van der Waals surface area contributed by atoms with Crippen LogP contribution in [-0.2, 0) is 0 Å². The Morgan fingerprint density at radius 2 is 1.95 bits per heavy atom. The molecule has 0 unspecified atom stereocenters. The maximum Gasteiger partial charge on any atom is 0.205 e. The first kappa shape index (κ1) is 11.8. The molecule has 0 spiro atoms. The molecule has 94 valence electrons. The van der Waals surface area contributed by atoms with Crippen molar-refractivity contribution in [3.8, 4) is 0 Å². The highest BCUT2D eigenvalue weighted by molar-refractivity contribution is 7.12. The van der Waals surface area contributed by atoms with Gasteiger partial charge in [0.05, 0.1) is 22.3 Å². The molecule has 0 amide bonds. The molecule has 19 heavy (non-hydrogen) atoms. The summed E-state index contributed by atoms with van der Waals surface area (Å²) in [5, 5.41) is 1.82. The molecule has 0 aliphatic heterocycles. The predicted octanol–water partition coefficient (Wildman–Crippen LogP) is 3.08. The van der Waals surface area contributed by atoms with E-state index in [9.17, 15) is 9.59 Å². The third-order valence-electron chi connectivity index (χ3n) is 2.77. The van der Waals surface area contributed by atoms with Crippen molar-refractivity contribution in [1.82, 2.24) is 9.97 Å². The average Bonchev–Trinajstić information content (AvgIpc) is 3.07. The predicted molar refractivity (Wildman–Crippen MR) is 73.7 cm³/mol. The molecule has 3 aromatic rings. The second-order valence-corrected chi connectivity index (χ2v) is 5.05. The molecule has 0 aliphatic rings. The number of aromatic nitrogens is 2. The van der Waals surface area contributed by atoms with Gasteiger partial charge < -0.3 is 4.98 Å². The van der Waals surface area contributed by atoms with Crippen LogP contribution in [-0.4, -0.2) is 21.5 Å². The number of Topliss-reactive ketones (excluding diaryl/α,β-unsaturated/α-hetero) is 2. The van der Waals surface area contributed by atoms with Gasteiger partial charge in [0.1, 0.15) is 0 Å². The van der Waals surface area contributed by atoms with Crippen LogP contribution in [0.4, 0.5) is 0 Å². The van der Waals surface area contributed by atoms with Gasteiger partial charge in [-0.1, -0.05) is 18.2 Å². The van der Waals surface area contributed by atoms with Crippen LogP contribution in [0.5, 0.6) is 0 Å². The number of rotatable bonds is 4. The zero-order valence-corrected chi connectivity index (χ0v) is 10.7. The molecule has 0 fully saturated rings. The topological polar surface area (TPSA) is 62.8 Å². The van der Waals surface area contributed by atoms with Crippen LogP contribution in [0.1, 0.15) is 26.7 Å². The van der Waals surface area contributed by atoms with Gasteiger partial charge >= 0.3 is 0 Å². The minimum Gasteiger partial charge on any atom is -0.335 e. The molecule has 0 bridgehead atoms. The van der Waals surface area contributed by atoms with E-state index in [0.717, 1.165) is 11.0 Å². The zero-order chi connectivity index (χ0) is 13.2. The molecule has 0 atom stereocenters. The van der Waals surface area contributed by atoms with Crippen molar-refractivity contribution in [3.05, 3.63) is 52.5 Å². The lowest BCUT2D eigenvalue weighted by Gasteiger charge is -1.95. The molecule has 3 rings (SSSR count). The highest BCUT2D eigenvalue weighted by atomic mass is 32.1. The molecule has 0 radical (unpaired) electrons. The standard InChI is InChI=1S/C14H10N2O2S/c17-11(13-6-3-7-19-13)8-12(18)14-15-9-4-1-2-5-10(9)16-14/h1-7H,8H2,(H,15,16). The fourth-order valence-corrected chi connectivity index (χ4v) is 2.50. The van der Waals surface area contributed by atoms with Gasteiger partial charge in [0, 0.05) is 0 Å². The number of carbonyl (C=O) groups excluding carboxylic acids is 2. The minimum absolute atomic E-state index is 0.152. The van der Waals surface area contributed by atoms with Gasteiger partial charge in [-0.2, -0.15) is 0 Å². The summed E-state index contributed by atoms with van der Waals surface area (Å²) in [7, 11) is 0. The molecule has 0 saturated heterocycles. The second kappa shape index (κ2) is 4.78. The van der Waals surface area contributed by atoms with Crippen molar-refractivity contribution in [1.29, 1.82) is 0 Å². The van der Waals surface area contributed by atoms with Gasteiger partial charge in [-0.25, -0.2) is 4.98 Å². The zero-order valence-electron chi connectivity index (χ0n) is 9.92. The molecule has 1 N–H and O–H groups in total. The van der Waals surface area contributed by atoms with Crippen LogP contribution in [0.15, 0.2) is 41.8 Å². The van der Waals surface area contributed by atoms with Gasteiger partial charge in [0.15, 0.2) is 11.6 Å². The Kier molecular flexibility index (Phi) is 2.97. The number of fused-ring (bicyclic) bond motifs is 1. The molecule has 0 saturated carbocycles. The number of carbonyl (C=O) groups is 2. The Bertz CT molecular complexity index is 711. The summed E-state index contributed by atoms with van der Waals surface area (Å²) in [5.74, 6) is -0.207. The molecular weight excluding hydrogens is 260 g/mol. The fraction of sp³-hybridized carbons (Fsp3) is 0.0714. The molecule has 2 heterocycles. The molecule has 4 nitrogen and oxygen atoms in total. The Morgan fingerprint density at radius 3 is 2.68 bits per heavy atom. The van der Waals surface area contributed by atoms with Crippen LogP contribution in [0.2, 0.25) is 0 Å². The summed E-state index contributed by atoms with van der Waals surface area (Å²) in [4.78, 5) is 31.6. The molecule has 0 aliphatic carbocycles. The number of H-pyrrole nitrogens is 1. The number of hydrogen-bond donors (Lipinski definition) is 1. The van der Waals surface area contributed by atoms with E-state index in [2.05, 4.69) is 9.97 Å². The normalized spacial score (nSPS) is 10.7. The molecule has 5 heteroatoms. The quantitative estimate of drug-likeness (QED) is 0.585. The third kappa shape index (κ3) is 2.32. The van der Waals surface area contributed by atoms with Crippen LogP contribution in [0.25, 0.3) is 11.0 Å². The van der Waals surface area contributed by atoms with E-state index in [1.54, 1.807) is 12.1 Å². The summed E-state index contributed by atoms with van der Waals surface area (Å²) in [5.41, 5.74) is 1.53. The summed E-state index contributed by atoms with van der Waals surface area (Å²) < 4.78 is 0. The summed E-state index contributed by atoms with van der Waals surface area (Å²) >= 11 is 1.34. The van der Waals surface area contributed by atoms with E-state index >= 15 is 0 Å². The Labute approximate surface area is 113 Å². The number of benzene rings is 1. The van der Waals surface area contributed by atoms with Crippen molar-refractivity contribution in [3.63, 3.8) is 0 Å². The summed E-state index contributed by atoms with van der Waals surface area (Å²) in [6.45, 7) is 0. The van der Waals surface area contributed by atoms with Crippen molar-refractivity contribution in [2.24, 2.45) is 0 Å². The SMILES string of the molecule is O=C(CC(=O)c1cccs1)c1nc2ccccc2[nH]1. The van der Waals surface area contributed by atoms with Crippen molar-refractivity contribution < 1.29 is 9.59 Å².